The third-order valence-corrected chi connectivity index (χ3v) is 4.93. The van der Waals surface area contributed by atoms with E-state index in [4.69, 9.17) is 4.42 Å². The van der Waals surface area contributed by atoms with Gasteiger partial charge in [0, 0.05) is 20.1 Å². The maximum absolute atomic E-state index is 5.70. The molecule has 1 saturated heterocycles. The molecule has 0 radical (unpaired) electrons. The number of aromatic nitrogens is 1. The Bertz CT molecular complexity index is 531. The first kappa shape index (κ1) is 23.2. The number of oxazole rings is 1. The summed E-state index contributed by atoms with van der Waals surface area (Å²) in [5, 5.41) is 6.87. The van der Waals surface area contributed by atoms with Gasteiger partial charge in [0.05, 0.1) is 12.2 Å². The number of hydrogen-bond acceptors (Lipinski definition) is 4. The van der Waals surface area contributed by atoms with Crippen LogP contribution in [0.25, 0.3) is 0 Å². The van der Waals surface area contributed by atoms with Crippen molar-refractivity contribution in [1.82, 2.24) is 20.5 Å². The first-order valence-corrected chi connectivity index (χ1v) is 9.57. The first-order valence-electron chi connectivity index (χ1n) is 9.57. The van der Waals surface area contributed by atoms with Gasteiger partial charge in [0.2, 0.25) is 5.89 Å². The van der Waals surface area contributed by atoms with Crippen molar-refractivity contribution in [1.29, 1.82) is 0 Å². The number of piperidine rings is 1. The fourth-order valence-corrected chi connectivity index (χ4v) is 3.09. The van der Waals surface area contributed by atoms with Gasteiger partial charge in [-0.15, -0.1) is 24.0 Å². The number of nitrogens with zero attached hydrogens (tertiary/aromatic N) is 3. The largest absolute Gasteiger partial charge is 0.444 e. The molecule has 0 spiro atoms. The van der Waals surface area contributed by atoms with E-state index >= 15 is 0 Å². The van der Waals surface area contributed by atoms with Crippen LogP contribution >= 0.6 is 24.0 Å². The van der Waals surface area contributed by atoms with Crippen LogP contribution in [0.5, 0.6) is 0 Å². The van der Waals surface area contributed by atoms with Crippen LogP contribution in [0.3, 0.4) is 0 Å². The molecule has 0 amide bonds. The lowest BCUT2D eigenvalue weighted by atomic mass is 9.97. The Morgan fingerprint density at radius 1 is 1.27 bits per heavy atom. The topological polar surface area (TPSA) is 65.7 Å². The van der Waals surface area contributed by atoms with Gasteiger partial charge in [-0.3, -0.25) is 9.89 Å². The number of rotatable bonds is 7. The normalized spacial score (nSPS) is 16.6. The average molecular weight is 477 g/mol. The first-order chi connectivity index (χ1) is 12.0. The Labute approximate surface area is 175 Å². The molecule has 6 nitrogen and oxygen atoms in total. The molecule has 1 aliphatic heterocycles. The second-order valence-electron chi connectivity index (χ2n) is 7.53. The lowest BCUT2D eigenvalue weighted by molar-refractivity contribution is 0.164. The molecule has 2 heterocycles. The second-order valence-corrected chi connectivity index (χ2v) is 7.53. The number of halogens is 1. The monoisotopic (exact) mass is 477 g/mol. The third kappa shape index (κ3) is 7.82. The van der Waals surface area contributed by atoms with Crippen LogP contribution in [0.1, 0.15) is 50.5 Å². The van der Waals surface area contributed by atoms with E-state index in [0.29, 0.717) is 11.8 Å². The van der Waals surface area contributed by atoms with Crippen molar-refractivity contribution in [3.63, 3.8) is 0 Å². The summed E-state index contributed by atoms with van der Waals surface area (Å²) in [6, 6.07) is 0. The van der Waals surface area contributed by atoms with Crippen molar-refractivity contribution in [3.8, 4) is 0 Å². The summed E-state index contributed by atoms with van der Waals surface area (Å²) >= 11 is 0. The van der Waals surface area contributed by atoms with E-state index in [9.17, 15) is 0 Å². The van der Waals surface area contributed by atoms with E-state index in [-0.39, 0.29) is 24.0 Å². The highest BCUT2D eigenvalue weighted by Gasteiger charge is 2.21. The molecule has 7 heteroatoms. The molecule has 1 aromatic rings. The van der Waals surface area contributed by atoms with Crippen LogP contribution in [0.4, 0.5) is 0 Å². The van der Waals surface area contributed by atoms with Gasteiger partial charge in [-0.25, -0.2) is 4.98 Å². The molecule has 0 atom stereocenters. The summed E-state index contributed by atoms with van der Waals surface area (Å²) in [4.78, 5) is 11.2. The van der Waals surface area contributed by atoms with Crippen molar-refractivity contribution in [2.75, 3.05) is 33.2 Å². The van der Waals surface area contributed by atoms with Crippen LogP contribution in [0.2, 0.25) is 0 Å². The van der Waals surface area contributed by atoms with E-state index < -0.39 is 0 Å². The molecule has 0 aromatic carbocycles. The molecular weight excluding hydrogens is 441 g/mol. The Hall–Kier alpha value is -0.830. The lowest BCUT2D eigenvalue weighted by Gasteiger charge is -2.31. The van der Waals surface area contributed by atoms with Gasteiger partial charge in [0.15, 0.2) is 5.96 Å². The summed E-state index contributed by atoms with van der Waals surface area (Å²) < 4.78 is 5.70. The standard InChI is InChI=1S/C19H35N5O.HI/c1-14(2)6-9-21-19(20-5)22-12-17-7-10-24(11-8-17)13-18-23-15(3)16(4)25-18;/h14,17H,6-13H2,1-5H3,(H2,20,21,22);1H. The maximum Gasteiger partial charge on any atom is 0.208 e. The molecule has 0 unspecified atom stereocenters. The fraction of sp³-hybridized carbons (Fsp3) is 0.789. The van der Waals surface area contributed by atoms with Crippen molar-refractivity contribution < 1.29 is 4.42 Å². The van der Waals surface area contributed by atoms with Crippen LogP contribution < -0.4 is 10.6 Å². The van der Waals surface area contributed by atoms with Gasteiger partial charge in [-0.05, 0) is 58.0 Å². The lowest BCUT2D eigenvalue weighted by Crippen LogP contribution is -2.43. The predicted molar refractivity (Wildman–Crippen MR) is 118 cm³/mol. The van der Waals surface area contributed by atoms with Gasteiger partial charge < -0.3 is 15.1 Å². The van der Waals surface area contributed by atoms with Crippen molar-refractivity contribution in [3.05, 3.63) is 17.3 Å². The quantitative estimate of drug-likeness (QED) is 0.358. The van der Waals surface area contributed by atoms with Crippen molar-refractivity contribution in [2.45, 2.75) is 53.5 Å². The summed E-state index contributed by atoms with van der Waals surface area (Å²) in [6.07, 6.45) is 3.57. The highest BCUT2D eigenvalue weighted by atomic mass is 127. The van der Waals surface area contributed by atoms with Crippen LogP contribution in [-0.2, 0) is 6.54 Å². The predicted octanol–water partition coefficient (Wildman–Crippen LogP) is 3.33. The average Bonchev–Trinajstić information content (AvgIpc) is 2.89. The van der Waals surface area contributed by atoms with Crippen LogP contribution in [0, 0.1) is 25.7 Å². The maximum atomic E-state index is 5.70. The van der Waals surface area contributed by atoms with Gasteiger partial charge in [-0.2, -0.15) is 0 Å². The zero-order chi connectivity index (χ0) is 18.2. The van der Waals surface area contributed by atoms with Crippen LogP contribution in [0.15, 0.2) is 9.41 Å². The SMILES string of the molecule is CN=C(NCCC(C)C)NCC1CCN(Cc2nc(C)c(C)o2)CC1.I. The molecule has 150 valence electrons. The molecule has 0 aliphatic carbocycles. The van der Waals surface area contributed by atoms with Gasteiger partial charge in [-0.1, -0.05) is 13.8 Å². The molecule has 0 saturated carbocycles. The Balaban J connectivity index is 0.00000338. The number of aryl methyl sites for hydroxylation is 2. The molecule has 1 fully saturated rings. The zero-order valence-corrected chi connectivity index (χ0v) is 19.3. The molecule has 0 bridgehead atoms. The van der Waals surface area contributed by atoms with E-state index in [1.54, 1.807) is 0 Å². The molecular formula is C19H36IN5O. The number of aliphatic imine (C=N–C) groups is 1. The number of hydrogen-bond donors (Lipinski definition) is 2. The highest BCUT2D eigenvalue weighted by molar-refractivity contribution is 14.0. The summed E-state index contributed by atoms with van der Waals surface area (Å²) in [6.45, 7) is 13.5. The van der Waals surface area contributed by atoms with E-state index in [2.05, 4.69) is 39.4 Å². The van der Waals surface area contributed by atoms with Gasteiger partial charge in [0.25, 0.3) is 0 Å². The number of guanidine groups is 1. The molecule has 26 heavy (non-hydrogen) atoms. The van der Waals surface area contributed by atoms with Crippen molar-refractivity contribution >= 4 is 29.9 Å². The van der Waals surface area contributed by atoms with E-state index in [0.717, 1.165) is 56.0 Å². The van der Waals surface area contributed by atoms with Crippen LogP contribution in [-0.4, -0.2) is 49.1 Å². The molecule has 1 aromatic heterocycles. The third-order valence-electron chi connectivity index (χ3n) is 4.93. The van der Waals surface area contributed by atoms with Crippen molar-refractivity contribution in [2.24, 2.45) is 16.8 Å². The molecule has 1 aliphatic rings. The molecule has 2 N–H and O–H groups in total. The van der Waals surface area contributed by atoms with E-state index in [1.807, 2.05) is 20.9 Å². The highest BCUT2D eigenvalue weighted by Crippen LogP contribution is 2.19. The second kappa shape index (κ2) is 11.8. The smallest absolute Gasteiger partial charge is 0.208 e. The summed E-state index contributed by atoms with van der Waals surface area (Å²) in [5.74, 6) is 4.12. The minimum Gasteiger partial charge on any atom is -0.444 e. The fourth-order valence-electron chi connectivity index (χ4n) is 3.09. The minimum absolute atomic E-state index is 0. The zero-order valence-electron chi connectivity index (χ0n) is 17.0. The minimum atomic E-state index is 0. The summed E-state index contributed by atoms with van der Waals surface area (Å²) in [7, 11) is 1.84. The summed E-state index contributed by atoms with van der Waals surface area (Å²) in [5.41, 5.74) is 1.01. The Kier molecular flexibility index (Phi) is 10.5. The Morgan fingerprint density at radius 2 is 1.96 bits per heavy atom. The Morgan fingerprint density at radius 3 is 2.50 bits per heavy atom. The number of nitrogens with one attached hydrogen (secondary N) is 2. The molecule has 2 rings (SSSR count). The van der Waals surface area contributed by atoms with Gasteiger partial charge >= 0.3 is 0 Å². The van der Waals surface area contributed by atoms with E-state index in [1.165, 1.54) is 19.3 Å². The van der Waals surface area contributed by atoms with Gasteiger partial charge in [0.1, 0.15) is 5.76 Å². The number of likely N-dealkylation sites (tertiary alicyclic amines) is 1.